The molecule has 1 aliphatic heterocycles. The summed E-state index contributed by atoms with van der Waals surface area (Å²) in [4.78, 5) is 2.31. The minimum absolute atomic E-state index is 0.148. The predicted octanol–water partition coefficient (Wildman–Crippen LogP) is -0.0981. The average molecular weight is 289 g/mol. The number of hydrogen-bond donors (Lipinski definition) is 1. The highest BCUT2D eigenvalue weighted by molar-refractivity contribution is 7.89. The highest BCUT2D eigenvalue weighted by atomic mass is 32.2. The minimum Gasteiger partial charge on any atom is -0.379 e. The molecule has 0 saturated carbocycles. The van der Waals surface area contributed by atoms with E-state index in [4.69, 9.17) is 9.26 Å². The van der Waals surface area contributed by atoms with Gasteiger partial charge in [0.15, 0.2) is 5.76 Å². The highest BCUT2D eigenvalue weighted by Gasteiger charge is 2.23. The van der Waals surface area contributed by atoms with Crippen LogP contribution in [0.4, 0.5) is 0 Å². The zero-order chi connectivity index (χ0) is 13.9. The fraction of sp³-hybridized carbons (Fsp3) is 0.727. The molecule has 0 aromatic carbocycles. The van der Waals surface area contributed by atoms with Crippen molar-refractivity contribution in [3.8, 4) is 0 Å². The Kier molecular flexibility index (Phi) is 4.56. The first-order chi connectivity index (χ1) is 9.00. The van der Waals surface area contributed by atoms with Crippen LogP contribution in [0.15, 0.2) is 9.42 Å². The summed E-state index contributed by atoms with van der Waals surface area (Å²) in [5.74, 6) is 0.316. The summed E-state index contributed by atoms with van der Waals surface area (Å²) in [6.45, 7) is 7.34. The molecule has 1 aliphatic rings. The molecule has 0 spiro atoms. The van der Waals surface area contributed by atoms with Gasteiger partial charge in [-0.2, -0.15) is 0 Å². The van der Waals surface area contributed by atoms with Crippen LogP contribution in [0.25, 0.3) is 0 Å². The molecule has 7 nitrogen and oxygen atoms in total. The van der Waals surface area contributed by atoms with E-state index < -0.39 is 10.0 Å². The van der Waals surface area contributed by atoms with Crippen LogP contribution in [0.1, 0.15) is 11.5 Å². The second-order valence-electron chi connectivity index (χ2n) is 4.51. The summed E-state index contributed by atoms with van der Waals surface area (Å²) < 4.78 is 36.9. The molecule has 0 unspecified atom stereocenters. The number of ether oxygens (including phenoxy) is 1. The normalized spacial score (nSPS) is 17.8. The summed E-state index contributed by atoms with van der Waals surface area (Å²) in [7, 11) is -3.54. The molecule has 1 N–H and O–H groups in total. The standard InChI is InChI=1S/C11H19N3O4S/c1-9-11(10(2)18-13-9)19(15,16)12-3-4-14-5-7-17-8-6-14/h12H,3-8H2,1-2H3. The second-order valence-corrected chi connectivity index (χ2v) is 6.21. The quantitative estimate of drug-likeness (QED) is 0.815. The highest BCUT2D eigenvalue weighted by Crippen LogP contribution is 2.18. The van der Waals surface area contributed by atoms with Gasteiger partial charge in [-0.05, 0) is 13.8 Å². The van der Waals surface area contributed by atoms with E-state index in [1.54, 1.807) is 13.8 Å². The Morgan fingerprint density at radius 1 is 1.32 bits per heavy atom. The second kappa shape index (κ2) is 6.00. The molecule has 0 atom stereocenters. The maximum Gasteiger partial charge on any atom is 0.246 e. The van der Waals surface area contributed by atoms with Crippen molar-refractivity contribution in [3.05, 3.63) is 11.5 Å². The van der Waals surface area contributed by atoms with Crippen LogP contribution >= 0.6 is 0 Å². The number of hydrogen-bond acceptors (Lipinski definition) is 6. The van der Waals surface area contributed by atoms with E-state index in [-0.39, 0.29) is 4.90 Å². The minimum atomic E-state index is -3.54. The molecular formula is C11H19N3O4S. The predicted molar refractivity (Wildman–Crippen MR) is 68.4 cm³/mol. The molecule has 1 aromatic rings. The van der Waals surface area contributed by atoms with Gasteiger partial charge in [0.05, 0.1) is 13.2 Å². The van der Waals surface area contributed by atoms with Crippen molar-refractivity contribution in [2.45, 2.75) is 18.7 Å². The summed E-state index contributed by atoms with van der Waals surface area (Å²) in [6, 6.07) is 0. The van der Waals surface area contributed by atoms with Gasteiger partial charge in [-0.15, -0.1) is 0 Å². The molecule has 2 rings (SSSR count). The molecule has 0 bridgehead atoms. The molecule has 1 fully saturated rings. The number of nitrogens with one attached hydrogen (secondary N) is 1. The maximum atomic E-state index is 12.1. The van der Waals surface area contributed by atoms with Crippen molar-refractivity contribution < 1.29 is 17.7 Å². The van der Waals surface area contributed by atoms with E-state index in [1.165, 1.54) is 0 Å². The van der Waals surface area contributed by atoms with Crippen LogP contribution < -0.4 is 4.72 Å². The Bertz CT molecular complexity index is 501. The average Bonchev–Trinajstić information content (AvgIpc) is 2.70. The molecule has 0 aliphatic carbocycles. The van der Waals surface area contributed by atoms with Crippen molar-refractivity contribution in [2.24, 2.45) is 0 Å². The number of morpholine rings is 1. The lowest BCUT2D eigenvalue weighted by atomic mass is 10.4. The lowest BCUT2D eigenvalue weighted by Crippen LogP contribution is -2.41. The summed E-state index contributed by atoms with van der Waals surface area (Å²) in [5.41, 5.74) is 0.386. The molecule has 8 heteroatoms. The van der Waals surface area contributed by atoms with Crippen molar-refractivity contribution in [2.75, 3.05) is 39.4 Å². The molecule has 1 aromatic heterocycles. The Morgan fingerprint density at radius 3 is 2.58 bits per heavy atom. The Labute approximate surface area is 112 Å². The molecule has 1 saturated heterocycles. The summed E-state index contributed by atoms with van der Waals surface area (Å²) in [5, 5.41) is 3.66. The van der Waals surface area contributed by atoms with Gasteiger partial charge in [-0.25, -0.2) is 13.1 Å². The number of aryl methyl sites for hydroxylation is 2. The zero-order valence-corrected chi connectivity index (χ0v) is 12.0. The maximum absolute atomic E-state index is 12.1. The Morgan fingerprint density at radius 2 is 2.00 bits per heavy atom. The summed E-state index contributed by atoms with van der Waals surface area (Å²) in [6.07, 6.45) is 0. The van der Waals surface area contributed by atoms with Gasteiger partial charge in [0.25, 0.3) is 0 Å². The third kappa shape index (κ3) is 3.53. The van der Waals surface area contributed by atoms with E-state index in [1.807, 2.05) is 0 Å². The van der Waals surface area contributed by atoms with Gasteiger partial charge in [-0.3, -0.25) is 4.90 Å². The number of nitrogens with zero attached hydrogens (tertiary/aromatic N) is 2. The lowest BCUT2D eigenvalue weighted by Gasteiger charge is -2.26. The third-order valence-corrected chi connectivity index (χ3v) is 4.76. The molecule has 2 heterocycles. The fourth-order valence-electron chi connectivity index (χ4n) is 2.09. The Hall–Kier alpha value is -0.960. The van der Waals surface area contributed by atoms with Crippen LogP contribution in [-0.2, 0) is 14.8 Å². The van der Waals surface area contributed by atoms with Crippen LogP contribution in [0.5, 0.6) is 0 Å². The number of rotatable bonds is 5. The van der Waals surface area contributed by atoms with E-state index in [9.17, 15) is 8.42 Å². The topological polar surface area (TPSA) is 84.7 Å². The summed E-state index contributed by atoms with van der Waals surface area (Å²) >= 11 is 0. The van der Waals surface area contributed by atoms with E-state index in [0.717, 1.165) is 13.1 Å². The smallest absolute Gasteiger partial charge is 0.246 e. The van der Waals surface area contributed by atoms with E-state index >= 15 is 0 Å². The Balaban J connectivity index is 1.91. The molecule has 19 heavy (non-hydrogen) atoms. The van der Waals surface area contributed by atoms with E-state index in [0.29, 0.717) is 37.8 Å². The van der Waals surface area contributed by atoms with Crippen LogP contribution in [0.2, 0.25) is 0 Å². The van der Waals surface area contributed by atoms with Gasteiger partial charge >= 0.3 is 0 Å². The largest absolute Gasteiger partial charge is 0.379 e. The van der Waals surface area contributed by atoms with Crippen LogP contribution in [-0.4, -0.2) is 57.9 Å². The van der Waals surface area contributed by atoms with Gasteiger partial charge < -0.3 is 9.26 Å². The van der Waals surface area contributed by atoms with Crippen molar-refractivity contribution >= 4 is 10.0 Å². The lowest BCUT2D eigenvalue weighted by molar-refractivity contribution is 0.0390. The molecule has 0 radical (unpaired) electrons. The molecular weight excluding hydrogens is 270 g/mol. The SMILES string of the molecule is Cc1noc(C)c1S(=O)(=O)NCCN1CCOCC1. The van der Waals surface area contributed by atoms with Crippen LogP contribution in [0, 0.1) is 13.8 Å². The first kappa shape index (κ1) is 14.4. The van der Waals surface area contributed by atoms with Gasteiger partial charge in [0, 0.05) is 26.2 Å². The van der Waals surface area contributed by atoms with E-state index in [2.05, 4.69) is 14.8 Å². The molecule has 108 valence electrons. The fourth-order valence-corrected chi connectivity index (χ4v) is 3.44. The van der Waals surface area contributed by atoms with Gasteiger partial charge in [0.2, 0.25) is 10.0 Å². The third-order valence-electron chi connectivity index (χ3n) is 3.06. The number of sulfonamides is 1. The first-order valence-corrected chi connectivity index (χ1v) is 7.71. The zero-order valence-electron chi connectivity index (χ0n) is 11.2. The van der Waals surface area contributed by atoms with Crippen molar-refractivity contribution in [1.82, 2.24) is 14.8 Å². The first-order valence-electron chi connectivity index (χ1n) is 6.23. The van der Waals surface area contributed by atoms with Crippen LogP contribution in [0.3, 0.4) is 0 Å². The van der Waals surface area contributed by atoms with Crippen molar-refractivity contribution in [1.29, 1.82) is 0 Å². The molecule has 0 amide bonds. The van der Waals surface area contributed by atoms with Crippen molar-refractivity contribution in [3.63, 3.8) is 0 Å². The van der Waals surface area contributed by atoms with Gasteiger partial charge in [0.1, 0.15) is 10.6 Å². The number of aromatic nitrogens is 1. The monoisotopic (exact) mass is 289 g/mol. The van der Waals surface area contributed by atoms with Gasteiger partial charge in [-0.1, -0.05) is 5.16 Å².